The third-order valence-corrected chi connectivity index (χ3v) is 2.62. The summed E-state index contributed by atoms with van der Waals surface area (Å²) in [4.78, 5) is 15.1. The van der Waals surface area contributed by atoms with Gasteiger partial charge in [-0.25, -0.2) is 5.90 Å². The Balaban J connectivity index is 2.33. The van der Waals surface area contributed by atoms with Crippen molar-refractivity contribution in [2.45, 2.75) is 25.3 Å². The zero-order valence-corrected chi connectivity index (χ0v) is 10.7. The van der Waals surface area contributed by atoms with Crippen LogP contribution in [0.3, 0.4) is 0 Å². The van der Waals surface area contributed by atoms with Gasteiger partial charge in [-0.1, -0.05) is 12.1 Å². The third-order valence-electron chi connectivity index (χ3n) is 2.62. The van der Waals surface area contributed by atoms with Gasteiger partial charge in [0.2, 0.25) is 0 Å². The molecular weight excluding hydrogens is 248 g/mol. The van der Waals surface area contributed by atoms with Crippen LogP contribution < -0.4 is 16.4 Å². The van der Waals surface area contributed by atoms with Gasteiger partial charge in [0.05, 0.1) is 13.2 Å². The minimum absolute atomic E-state index is 0.309. The summed E-state index contributed by atoms with van der Waals surface area (Å²) in [6.45, 7) is 1.12. The molecule has 0 bridgehead atoms. The first-order valence-corrected chi connectivity index (χ1v) is 6.15. The highest BCUT2D eigenvalue weighted by atomic mass is 16.6. The summed E-state index contributed by atoms with van der Waals surface area (Å²) in [5.41, 5.74) is 6.33. The lowest BCUT2D eigenvalue weighted by Crippen LogP contribution is -2.32. The van der Waals surface area contributed by atoms with E-state index in [9.17, 15) is 4.79 Å². The molecule has 1 atom stereocenters. The Morgan fingerprint density at radius 3 is 2.42 bits per heavy atom. The first-order valence-electron chi connectivity index (χ1n) is 6.15. The van der Waals surface area contributed by atoms with Crippen molar-refractivity contribution in [3.63, 3.8) is 0 Å². The van der Waals surface area contributed by atoms with E-state index in [2.05, 4.69) is 4.84 Å². The molecule has 0 saturated carbocycles. The molecule has 0 aliphatic carbocycles. The fraction of sp³-hybridized carbons (Fsp3) is 0.462. The Bertz CT molecular complexity index is 381. The minimum Gasteiger partial charge on any atom is -0.494 e. The number of carboxylic acids is 1. The molecule has 0 aromatic heterocycles. The lowest BCUT2D eigenvalue weighted by atomic mass is 10.1. The molecule has 0 amide bonds. The van der Waals surface area contributed by atoms with E-state index in [1.807, 2.05) is 24.3 Å². The topological polar surface area (TPSA) is 108 Å². The van der Waals surface area contributed by atoms with Gasteiger partial charge in [0.15, 0.2) is 0 Å². The maximum atomic E-state index is 10.6. The molecule has 1 unspecified atom stereocenters. The molecule has 6 heteroatoms. The Morgan fingerprint density at radius 2 is 1.84 bits per heavy atom. The van der Waals surface area contributed by atoms with Crippen LogP contribution in [0.15, 0.2) is 24.3 Å². The Hall–Kier alpha value is -1.63. The van der Waals surface area contributed by atoms with Crippen molar-refractivity contribution in [1.29, 1.82) is 0 Å². The molecule has 0 radical (unpaired) electrons. The van der Waals surface area contributed by atoms with Gasteiger partial charge in [-0.15, -0.1) is 0 Å². The van der Waals surface area contributed by atoms with Crippen molar-refractivity contribution in [1.82, 2.24) is 0 Å². The lowest BCUT2D eigenvalue weighted by molar-refractivity contribution is -0.138. The van der Waals surface area contributed by atoms with E-state index in [1.54, 1.807) is 0 Å². The van der Waals surface area contributed by atoms with Crippen molar-refractivity contribution in [3.8, 4) is 5.75 Å². The van der Waals surface area contributed by atoms with E-state index < -0.39 is 12.0 Å². The van der Waals surface area contributed by atoms with Gasteiger partial charge < -0.3 is 20.4 Å². The van der Waals surface area contributed by atoms with Crippen molar-refractivity contribution in [2.75, 3.05) is 13.2 Å². The molecule has 6 nitrogen and oxygen atoms in total. The summed E-state index contributed by atoms with van der Waals surface area (Å²) >= 11 is 0. The number of rotatable bonds is 9. The van der Waals surface area contributed by atoms with E-state index in [0.717, 1.165) is 24.2 Å². The lowest BCUT2D eigenvalue weighted by Gasteiger charge is -2.09. The second-order valence-electron chi connectivity index (χ2n) is 4.22. The van der Waals surface area contributed by atoms with E-state index in [-0.39, 0.29) is 0 Å². The second kappa shape index (κ2) is 8.47. The summed E-state index contributed by atoms with van der Waals surface area (Å²) in [6, 6.07) is 6.39. The Kier molecular flexibility index (Phi) is 6.88. The summed E-state index contributed by atoms with van der Waals surface area (Å²) in [5.74, 6) is 4.66. The van der Waals surface area contributed by atoms with Crippen LogP contribution >= 0.6 is 0 Å². The number of carbonyl (C=O) groups is 1. The van der Waals surface area contributed by atoms with Crippen molar-refractivity contribution >= 4 is 5.97 Å². The van der Waals surface area contributed by atoms with Gasteiger partial charge in [0, 0.05) is 0 Å². The van der Waals surface area contributed by atoms with Crippen LogP contribution in [0, 0.1) is 0 Å². The highest BCUT2D eigenvalue weighted by Gasteiger charge is 2.11. The van der Waals surface area contributed by atoms with Crippen LogP contribution in [0.1, 0.15) is 18.4 Å². The van der Waals surface area contributed by atoms with E-state index in [4.69, 9.17) is 21.5 Å². The number of nitrogens with two attached hydrogens (primary N) is 2. The first kappa shape index (κ1) is 15.4. The van der Waals surface area contributed by atoms with Crippen molar-refractivity contribution < 1.29 is 19.5 Å². The largest absolute Gasteiger partial charge is 0.494 e. The van der Waals surface area contributed by atoms with Crippen molar-refractivity contribution in [2.24, 2.45) is 11.6 Å². The molecule has 0 aliphatic rings. The highest BCUT2D eigenvalue weighted by molar-refractivity contribution is 5.73. The number of carboxylic acid groups (broad SMARTS) is 1. The molecule has 0 fully saturated rings. The number of ether oxygens (including phenoxy) is 1. The number of benzene rings is 1. The molecule has 1 aromatic carbocycles. The van der Waals surface area contributed by atoms with Gasteiger partial charge >= 0.3 is 5.97 Å². The monoisotopic (exact) mass is 268 g/mol. The van der Waals surface area contributed by atoms with Crippen LogP contribution in [0.2, 0.25) is 0 Å². The third kappa shape index (κ3) is 6.19. The van der Waals surface area contributed by atoms with Gasteiger partial charge in [-0.05, 0) is 37.0 Å². The minimum atomic E-state index is -0.998. The van der Waals surface area contributed by atoms with Crippen LogP contribution in [-0.2, 0) is 16.1 Å². The smallest absolute Gasteiger partial charge is 0.320 e. The molecule has 0 spiro atoms. The summed E-state index contributed by atoms with van der Waals surface area (Å²) in [6.07, 6.45) is 2.02. The molecule has 0 saturated heterocycles. The molecule has 0 aliphatic heterocycles. The molecule has 1 aromatic rings. The zero-order valence-electron chi connectivity index (χ0n) is 10.7. The van der Waals surface area contributed by atoms with E-state index in [0.29, 0.717) is 19.6 Å². The second-order valence-corrected chi connectivity index (χ2v) is 4.22. The zero-order chi connectivity index (χ0) is 14.1. The van der Waals surface area contributed by atoms with Crippen LogP contribution in [0.4, 0.5) is 0 Å². The predicted molar refractivity (Wildman–Crippen MR) is 70.6 cm³/mol. The van der Waals surface area contributed by atoms with Crippen LogP contribution in [0.5, 0.6) is 5.75 Å². The summed E-state index contributed by atoms with van der Waals surface area (Å²) < 4.78 is 5.52. The highest BCUT2D eigenvalue weighted by Crippen LogP contribution is 2.13. The van der Waals surface area contributed by atoms with Gasteiger partial charge in [0.1, 0.15) is 11.8 Å². The predicted octanol–water partition coefficient (Wildman–Crippen LogP) is 0.690. The SMILES string of the molecule is NOCCCCOc1ccc(CC(N)C(=O)O)cc1. The number of unbranched alkanes of at least 4 members (excludes halogenated alkanes) is 1. The van der Waals surface area contributed by atoms with Gasteiger partial charge in [-0.2, -0.15) is 0 Å². The van der Waals surface area contributed by atoms with Crippen LogP contribution in [0.25, 0.3) is 0 Å². The molecule has 0 heterocycles. The molecule has 19 heavy (non-hydrogen) atoms. The fourth-order valence-corrected chi connectivity index (χ4v) is 1.54. The Morgan fingerprint density at radius 1 is 1.21 bits per heavy atom. The first-order chi connectivity index (χ1) is 9.13. The average molecular weight is 268 g/mol. The molecule has 106 valence electrons. The Labute approximate surface area is 112 Å². The molecular formula is C13H20N2O4. The molecule has 1 rings (SSSR count). The maximum absolute atomic E-state index is 10.6. The quantitative estimate of drug-likeness (QED) is 0.449. The van der Waals surface area contributed by atoms with Gasteiger partial charge in [0.25, 0.3) is 0 Å². The number of aliphatic carboxylic acids is 1. The van der Waals surface area contributed by atoms with Crippen molar-refractivity contribution in [3.05, 3.63) is 29.8 Å². The van der Waals surface area contributed by atoms with E-state index >= 15 is 0 Å². The van der Waals surface area contributed by atoms with E-state index in [1.165, 1.54) is 0 Å². The summed E-state index contributed by atoms with van der Waals surface area (Å²) in [5, 5.41) is 8.72. The maximum Gasteiger partial charge on any atom is 0.320 e. The van der Waals surface area contributed by atoms with Gasteiger partial charge in [-0.3, -0.25) is 4.79 Å². The molecule has 5 N–H and O–H groups in total. The normalized spacial score (nSPS) is 12.1. The number of hydrogen-bond acceptors (Lipinski definition) is 5. The standard InChI is InChI=1S/C13H20N2O4/c14-12(13(16)17)9-10-3-5-11(6-4-10)18-7-1-2-8-19-15/h3-6,12H,1-2,7-9,14-15H2,(H,16,17). The summed E-state index contributed by atoms with van der Waals surface area (Å²) in [7, 11) is 0. The average Bonchev–Trinajstić information content (AvgIpc) is 2.40. The number of hydrogen-bond donors (Lipinski definition) is 3. The van der Waals surface area contributed by atoms with Crippen LogP contribution in [-0.4, -0.2) is 30.3 Å². The fourth-order valence-electron chi connectivity index (χ4n) is 1.54.